The Morgan fingerprint density at radius 3 is 2.16 bits per heavy atom. The van der Waals surface area contributed by atoms with Gasteiger partial charge in [0, 0.05) is 5.56 Å². The molecule has 0 saturated carbocycles. The topological polar surface area (TPSA) is 18.5 Å². The van der Waals surface area contributed by atoms with Crippen LogP contribution >= 0.6 is 11.6 Å². The minimum absolute atomic E-state index is 0.146. The van der Waals surface area contributed by atoms with Gasteiger partial charge in [-0.25, -0.2) is 0 Å². The number of alkyl halides is 1. The Morgan fingerprint density at radius 1 is 0.895 bits per heavy atom. The molecule has 100 valence electrons. The van der Waals surface area contributed by atoms with Crippen LogP contribution in [0, 0.1) is 0 Å². The molecule has 0 amide bonds. The van der Waals surface area contributed by atoms with Crippen LogP contribution in [0.1, 0.15) is 16.5 Å². The maximum Gasteiger partial charge on any atom is 0.123 e. The van der Waals surface area contributed by atoms with Crippen LogP contribution < -0.4 is 9.47 Å². The monoisotopic (exact) mass is 276 g/mol. The summed E-state index contributed by atoms with van der Waals surface area (Å²) < 4.78 is 10.7. The van der Waals surface area contributed by atoms with E-state index in [1.807, 2.05) is 48.5 Å². The Labute approximate surface area is 118 Å². The van der Waals surface area contributed by atoms with Crippen molar-refractivity contribution in [3.8, 4) is 11.5 Å². The van der Waals surface area contributed by atoms with E-state index >= 15 is 0 Å². The zero-order valence-electron chi connectivity index (χ0n) is 11.1. The van der Waals surface area contributed by atoms with Crippen LogP contribution in [-0.4, -0.2) is 14.2 Å². The number of benzene rings is 2. The van der Waals surface area contributed by atoms with E-state index < -0.39 is 0 Å². The first-order valence-electron chi connectivity index (χ1n) is 6.15. The fraction of sp³-hybridized carbons (Fsp3) is 0.250. The molecule has 2 nitrogen and oxygen atoms in total. The van der Waals surface area contributed by atoms with Crippen molar-refractivity contribution in [1.82, 2.24) is 0 Å². The van der Waals surface area contributed by atoms with Gasteiger partial charge >= 0.3 is 0 Å². The van der Waals surface area contributed by atoms with Crippen LogP contribution in [0.25, 0.3) is 0 Å². The lowest BCUT2D eigenvalue weighted by Crippen LogP contribution is -2.00. The normalized spacial score (nSPS) is 11.9. The molecule has 0 radical (unpaired) electrons. The smallest absolute Gasteiger partial charge is 0.123 e. The molecule has 0 saturated heterocycles. The zero-order valence-corrected chi connectivity index (χ0v) is 11.9. The Hall–Kier alpha value is -1.67. The van der Waals surface area contributed by atoms with Crippen LogP contribution in [0.3, 0.4) is 0 Å². The summed E-state index contributed by atoms with van der Waals surface area (Å²) in [6.45, 7) is 0. The van der Waals surface area contributed by atoms with Gasteiger partial charge in [0.05, 0.1) is 19.6 Å². The summed E-state index contributed by atoms with van der Waals surface area (Å²) >= 11 is 6.52. The summed E-state index contributed by atoms with van der Waals surface area (Å²) in [5, 5.41) is -0.146. The highest BCUT2D eigenvalue weighted by molar-refractivity contribution is 6.21. The fourth-order valence-corrected chi connectivity index (χ4v) is 2.45. The molecule has 2 aromatic carbocycles. The molecule has 2 rings (SSSR count). The van der Waals surface area contributed by atoms with Crippen LogP contribution in [0.5, 0.6) is 11.5 Å². The van der Waals surface area contributed by atoms with E-state index in [0.717, 1.165) is 22.6 Å². The molecule has 19 heavy (non-hydrogen) atoms. The molecule has 0 aliphatic carbocycles. The van der Waals surface area contributed by atoms with Gasteiger partial charge in [-0.1, -0.05) is 36.4 Å². The lowest BCUT2D eigenvalue weighted by molar-refractivity contribution is 0.405. The van der Waals surface area contributed by atoms with E-state index in [1.165, 1.54) is 0 Å². The molecule has 0 heterocycles. The molecule has 3 heteroatoms. The lowest BCUT2D eigenvalue weighted by atomic mass is 10.0. The molecule has 1 atom stereocenters. The van der Waals surface area contributed by atoms with Gasteiger partial charge in [-0.05, 0) is 24.1 Å². The van der Waals surface area contributed by atoms with Gasteiger partial charge in [0.2, 0.25) is 0 Å². The predicted molar refractivity (Wildman–Crippen MR) is 78.3 cm³/mol. The van der Waals surface area contributed by atoms with Crippen LogP contribution in [0.15, 0.2) is 48.5 Å². The SMILES string of the molecule is COc1ccccc1CC(Cl)c1ccccc1OC. The van der Waals surface area contributed by atoms with Gasteiger partial charge in [0.1, 0.15) is 11.5 Å². The molecule has 2 aromatic rings. The summed E-state index contributed by atoms with van der Waals surface area (Å²) in [4.78, 5) is 0. The zero-order chi connectivity index (χ0) is 13.7. The second-order valence-corrected chi connectivity index (χ2v) is 4.75. The lowest BCUT2D eigenvalue weighted by Gasteiger charge is -2.15. The molecule has 0 aliphatic heterocycles. The van der Waals surface area contributed by atoms with Gasteiger partial charge in [-0.15, -0.1) is 11.6 Å². The number of rotatable bonds is 5. The number of hydrogen-bond donors (Lipinski definition) is 0. The number of para-hydroxylation sites is 2. The molecule has 0 aliphatic rings. The molecule has 0 aromatic heterocycles. The Kier molecular flexibility index (Phi) is 4.69. The van der Waals surface area contributed by atoms with Crippen LogP contribution in [0.2, 0.25) is 0 Å². The first kappa shape index (κ1) is 13.8. The molecule has 1 unspecified atom stereocenters. The van der Waals surface area contributed by atoms with Crippen molar-refractivity contribution in [2.45, 2.75) is 11.8 Å². The van der Waals surface area contributed by atoms with Crippen molar-refractivity contribution < 1.29 is 9.47 Å². The van der Waals surface area contributed by atoms with E-state index in [-0.39, 0.29) is 5.38 Å². The van der Waals surface area contributed by atoms with Gasteiger partial charge in [-0.2, -0.15) is 0 Å². The second-order valence-electron chi connectivity index (χ2n) is 4.23. The summed E-state index contributed by atoms with van der Waals surface area (Å²) in [5.41, 5.74) is 2.09. The third-order valence-electron chi connectivity index (χ3n) is 3.07. The second kappa shape index (κ2) is 6.48. The van der Waals surface area contributed by atoms with Crippen molar-refractivity contribution in [1.29, 1.82) is 0 Å². The Balaban J connectivity index is 2.23. The molecular formula is C16H17ClO2. The van der Waals surface area contributed by atoms with E-state index in [4.69, 9.17) is 21.1 Å². The number of hydrogen-bond acceptors (Lipinski definition) is 2. The Morgan fingerprint density at radius 2 is 1.47 bits per heavy atom. The minimum atomic E-state index is -0.146. The summed E-state index contributed by atoms with van der Waals surface area (Å²) in [7, 11) is 3.33. The quantitative estimate of drug-likeness (QED) is 0.761. The van der Waals surface area contributed by atoms with Crippen molar-refractivity contribution in [3.05, 3.63) is 59.7 Å². The first-order valence-corrected chi connectivity index (χ1v) is 6.58. The van der Waals surface area contributed by atoms with E-state index in [2.05, 4.69) is 0 Å². The van der Waals surface area contributed by atoms with Crippen molar-refractivity contribution in [3.63, 3.8) is 0 Å². The van der Waals surface area contributed by atoms with Crippen molar-refractivity contribution in [2.24, 2.45) is 0 Å². The average molecular weight is 277 g/mol. The highest BCUT2D eigenvalue weighted by Crippen LogP contribution is 2.34. The van der Waals surface area contributed by atoms with Gasteiger partial charge < -0.3 is 9.47 Å². The van der Waals surface area contributed by atoms with Crippen molar-refractivity contribution in [2.75, 3.05) is 14.2 Å². The number of halogens is 1. The highest BCUT2D eigenvalue weighted by Gasteiger charge is 2.15. The summed E-state index contributed by atoms with van der Waals surface area (Å²) in [6.07, 6.45) is 0.700. The maximum absolute atomic E-state index is 6.52. The van der Waals surface area contributed by atoms with E-state index in [9.17, 15) is 0 Å². The summed E-state index contributed by atoms with van der Waals surface area (Å²) in [6, 6.07) is 15.7. The third kappa shape index (κ3) is 3.21. The standard InChI is InChI=1S/C16H17ClO2/c1-18-15-9-5-3-7-12(15)11-14(17)13-8-4-6-10-16(13)19-2/h3-10,14H,11H2,1-2H3. The Bertz CT molecular complexity index is 540. The molecule has 0 bridgehead atoms. The van der Waals surface area contributed by atoms with Crippen molar-refractivity contribution >= 4 is 11.6 Å². The molecular weight excluding hydrogens is 260 g/mol. The maximum atomic E-state index is 6.52. The largest absolute Gasteiger partial charge is 0.496 e. The first-order chi connectivity index (χ1) is 9.26. The molecule has 0 spiro atoms. The van der Waals surface area contributed by atoms with Gasteiger partial charge in [-0.3, -0.25) is 0 Å². The molecule has 0 N–H and O–H groups in total. The van der Waals surface area contributed by atoms with E-state index in [1.54, 1.807) is 14.2 Å². The minimum Gasteiger partial charge on any atom is -0.496 e. The molecule has 0 fully saturated rings. The predicted octanol–water partition coefficient (Wildman–Crippen LogP) is 4.23. The average Bonchev–Trinajstić information content (AvgIpc) is 2.47. The third-order valence-corrected chi connectivity index (χ3v) is 3.46. The highest BCUT2D eigenvalue weighted by atomic mass is 35.5. The fourth-order valence-electron chi connectivity index (χ4n) is 2.10. The number of ether oxygens (including phenoxy) is 2. The van der Waals surface area contributed by atoms with Gasteiger partial charge in [0.25, 0.3) is 0 Å². The van der Waals surface area contributed by atoms with Gasteiger partial charge in [0.15, 0.2) is 0 Å². The summed E-state index contributed by atoms with van der Waals surface area (Å²) in [5.74, 6) is 1.68. The number of methoxy groups -OCH3 is 2. The van der Waals surface area contributed by atoms with Crippen LogP contribution in [0.4, 0.5) is 0 Å². The van der Waals surface area contributed by atoms with E-state index in [0.29, 0.717) is 6.42 Å². The van der Waals surface area contributed by atoms with Crippen LogP contribution in [-0.2, 0) is 6.42 Å².